The summed E-state index contributed by atoms with van der Waals surface area (Å²) in [6, 6.07) is 3.73. The zero-order valence-corrected chi connectivity index (χ0v) is 54.3. The van der Waals surface area contributed by atoms with Gasteiger partial charge < -0.3 is 59.8 Å². The van der Waals surface area contributed by atoms with Crippen LogP contribution in [0, 0.1) is 11.8 Å². The van der Waals surface area contributed by atoms with Crippen LogP contribution in [0.15, 0.2) is 66.5 Å². The lowest BCUT2D eigenvalue weighted by atomic mass is 10.1. The summed E-state index contributed by atoms with van der Waals surface area (Å²) < 4.78 is 96.5. The first kappa shape index (κ1) is 78.9. The molecule has 0 amide bonds. The number of alkyl halides is 3. The number of rotatable bonds is 31. The van der Waals surface area contributed by atoms with Crippen molar-refractivity contribution in [2.75, 3.05) is 37.0 Å². The molecule has 0 aromatic carbocycles. The molecule has 0 bridgehead atoms. The molecule has 0 unspecified atom stereocenters. The molecule has 3 aliphatic rings. The molecular weight excluding hydrogens is 1280 g/mol. The number of ether oxygens (including phenoxy) is 9. The van der Waals surface area contributed by atoms with Crippen LogP contribution in [0.4, 0.5) is 30.6 Å². The maximum absolute atomic E-state index is 15.8. The fourth-order valence-corrected chi connectivity index (χ4v) is 9.40. The summed E-state index contributed by atoms with van der Waals surface area (Å²) in [4.78, 5) is 127. The molecule has 36 nitrogen and oxygen atoms in total. The summed E-state index contributed by atoms with van der Waals surface area (Å²) in [5.41, 5.74) is 34.2. The molecule has 3 aromatic heterocycles. The highest BCUT2D eigenvalue weighted by atomic mass is 19.1. The molecule has 6 N–H and O–H groups in total. The van der Waals surface area contributed by atoms with Gasteiger partial charge in [0.15, 0.2) is 55.5 Å². The number of nitrogens with two attached hydrogens (primary N) is 3. The fourth-order valence-electron chi connectivity index (χ4n) is 9.40. The van der Waals surface area contributed by atoms with Gasteiger partial charge in [0.25, 0.3) is 0 Å². The van der Waals surface area contributed by atoms with E-state index in [-0.39, 0.29) is 43.1 Å². The van der Waals surface area contributed by atoms with E-state index in [2.05, 4.69) is 58.9 Å². The Morgan fingerprint density at radius 1 is 0.500 bits per heavy atom. The number of esters is 6. The van der Waals surface area contributed by atoms with Crippen LogP contribution < -0.4 is 34.3 Å². The van der Waals surface area contributed by atoms with Gasteiger partial charge in [0.2, 0.25) is 17.2 Å². The molecule has 0 aliphatic carbocycles. The van der Waals surface area contributed by atoms with Crippen molar-refractivity contribution < 1.29 is 84.6 Å². The van der Waals surface area contributed by atoms with E-state index in [1.165, 1.54) is 52.1 Å². The number of nitrogen functional groups attached to an aromatic ring is 3. The van der Waals surface area contributed by atoms with E-state index in [4.69, 9.17) is 70.9 Å². The second-order valence-corrected chi connectivity index (χ2v) is 22.5. The molecule has 12 atom stereocenters. The van der Waals surface area contributed by atoms with Crippen molar-refractivity contribution in [1.82, 2.24) is 28.7 Å². The smallest absolute Gasteiger partial charge is 0.351 e. The van der Waals surface area contributed by atoms with Crippen molar-refractivity contribution >= 4 is 53.3 Å². The Morgan fingerprint density at radius 2 is 0.823 bits per heavy atom. The predicted octanol–water partition coefficient (Wildman–Crippen LogP) is 7.32. The molecule has 6 heterocycles. The topological polar surface area (TPSA) is 514 Å². The van der Waals surface area contributed by atoms with Gasteiger partial charge in [-0.3, -0.25) is 42.5 Å². The van der Waals surface area contributed by atoms with Crippen LogP contribution in [0.2, 0.25) is 0 Å². The van der Waals surface area contributed by atoms with E-state index in [1.54, 1.807) is 13.8 Å². The molecule has 0 radical (unpaired) electrons. The van der Waals surface area contributed by atoms with Crippen molar-refractivity contribution in [3.05, 3.63) is 99.6 Å². The van der Waals surface area contributed by atoms with Crippen molar-refractivity contribution in [3.8, 4) is 0 Å². The lowest BCUT2D eigenvalue weighted by Crippen LogP contribution is -2.48. The Labute approximate surface area is 546 Å². The van der Waals surface area contributed by atoms with E-state index in [1.807, 2.05) is 0 Å². The summed E-state index contributed by atoms with van der Waals surface area (Å²) in [6.45, 7) is 11.2. The van der Waals surface area contributed by atoms with E-state index < -0.39 is 157 Å². The summed E-state index contributed by atoms with van der Waals surface area (Å²) in [7, 11) is 0. The summed E-state index contributed by atoms with van der Waals surface area (Å²) in [5.74, 6) is -5.73. The standard InChI is InChI=1S/C25H39FN6O6.C17H23FN6O6.C15H19FN6O6/c1-3-5-7-9-11-13-19(33)36-17-25(30-31-28)22(37-20(34)14-12-10-8-6-4-2)21(26)23(38-25)32-16-15-18(27)29-24(32)35;1-8(2)14(25)28-7-17(22-23-20)12(29-15(26)9(3)4)11(18)13(30-17)24-6-5-10(19)21-16(24)27;1-3-9(23)26-7-15(20-21-18)12(27-10(24)4-2)11(16)13(28-15)22-6-5-8(17)19-14(22)25/h15-16,21-23H,3-14,17H2,1-2H3,(H2,27,29,35);5-6,8-9,11-13H,7H2,1-4H3,(H2,19,21,27);5-6,11-13H,3-4,7H2,1-2H3,(H2,17,19,25)/t21-,22+,23-,25-;11-,12+,13-,17-;11-,12+,13-,15-/m111/s1. The van der Waals surface area contributed by atoms with Crippen LogP contribution >= 0.6 is 0 Å². The third-order valence-electron chi connectivity index (χ3n) is 14.6. The van der Waals surface area contributed by atoms with Gasteiger partial charge in [0.05, 0.1) is 11.8 Å². The van der Waals surface area contributed by atoms with Gasteiger partial charge >= 0.3 is 52.9 Å². The van der Waals surface area contributed by atoms with Gasteiger partial charge in [-0.1, -0.05) is 122 Å². The van der Waals surface area contributed by atoms with Crippen LogP contribution in [-0.2, 0) is 71.4 Å². The Hall–Kier alpha value is -9.54. The first-order valence-electron chi connectivity index (χ1n) is 30.8. The molecule has 528 valence electrons. The largest absolute Gasteiger partial charge is 0.462 e. The van der Waals surface area contributed by atoms with Crippen LogP contribution in [0.1, 0.15) is 164 Å². The van der Waals surface area contributed by atoms with Gasteiger partial charge in [-0.25, -0.2) is 27.6 Å². The maximum atomic E-state index is 15.8. The monoisotopic (exact) mass is 1360 g/mol. The molecular formula is C57H81F3N18O18. The highest BCUT2D eigenvalue weighted by Gasteiger charge is 2.63. The van der Waals surface area contributed by atoms with Crippen molar-refractivity contribution in [3.63, 3.8) is 0 Å². The summed E-state index contributed by atoms with van der Waals surface area (Å²) in [5, 5.41) is 10.4. The van der Waals surface area contributed by atoms with E-state index in [9.17, 15) is 48.7 Å². The molecule has 0 spiro atoms. The lowest BCUT2D eigenvalue weighted by molar-refractivity contribution is -0.180. The zero-order chi connectivity index (χ0) is 71.5. The summed E-state index contributed by atoms with van der Waals surface area (Å²) >= 11 is 0. The predicted molar refractivity (Wildman–Crippen MR) is 329 cm³/mol. The highest BCUT2D eigenvalue weighted by molar-refractivity contribution is 5.73. The zero-order valence-electron chi connectivity index (χ0n) is 54.3. The fraction of sp³-hybridized carbons (Fsp3) is 0.684. The molecule has 96 heavy (non-hydrogen) atoms. The van der Waals surface area contributed by atoms with E-state index in [0.29, 0.717) is 12.8 Å². The van der Waals surface area contributed by atoms with Crippen molar-refractivity contribution in [2.24, 2.45) is 27.2 Å². The Morgan fingerprint density at radius 3 is 1.16 bits per heavy atom. The number of nitrogens with zero attached hydrogens (tertiary/aromatic N) is 15. The number of carbonyl (C=O) groups is 6. The minimum Gasteiger partial charge on any atom is -0.462 e. The van der Waals surface area contributed by atoms with Crippen molar-refractivity contribution in [2.45, 2.75) is 218 Å². The van der Waals surface area contributed by atoms with E-state index in [0.717, 1.165) is 77.5 Å². The number of carbonyl (C=O) groups excluding carboxylic acids is 6. The van der Waals surface area contributed by atoms with Crippen LogP contribution in [0.5, 0.6) is 0 Å². The average Bonchev–Trinajstić information content (AvgIpc) is 1.62. The molecule has 3 saturated heterocycles. The Balaban J connectivity index is 0.000000311. The van der Waals surface area contributed by atoms with Crippen molar-refractivity contribution in [1.29, 1.82) is 0 Å². The highest BCUT2D eigenvalue weighted by Crippen LogP contribution is 2.45. The van der Waals surface area contributed by atoms with Gasteiger partial charge in [-0.2, -0.15) is 15.0 Å². The van der Waals surface area contributed by atoms with Crippen LogP contribution in [-0.4, -0.2) is 138 Å². The average molecular weight is 1360 g/mol. The first-order valence-corrected chi connectivity index (χ1v) is 30.8. The van der Waals surface area contributed by atoms with E-state index >= 15 is 13.2 Å². The molecule has 3 aliphatic heterocycles. The van der Waals surface area contributed by atoms with Gasteiger partial charge in [-0.05, 0) is 47.6 Å². The SMILES string of the molecule is CC(C)C(=O)OC[C@@]1(N=[N+]=[N-])O[C@@H](n2ccc(N)nc2=O)[C@H](F)[C@@H]1OC(=O)C(C)C.CCC(=O)OC[C@@]1(N=[N+]=[N-])O[C@@H](n2ccc(N)nc2=O)[C@H](F)[C@@H]1OC(=O)CC.CCCCCCCC(=O)OC[C@@]1(N=[N+]=[N-])O[C@@H](n2ccc(N)nc2=O)[C@H](F)[C@@H]1OC(=O)CCCCCCC. The third kappa shape index (κ3) is 21.2. The number of anilines is 3. The normalized spacial score (nSPS) is 24.7. The molecule has 3 aromatic rings. The summed E-state index contributed by atoms with van der Waals surface area (Å²) in [6.07, 6.45) is -4.38. The number of hydrogen-bond acceptors (Lipinski definition) is 27. The number of halogens is 3. The second kappa shape index (κ2) is 37.5. The number of hydrogen-bond donors (Lipinski definition) is 3. The molecule has 3 fully saturated rings. The molecule has 6 rings (SSSR count). The Bertz CT molecular complexity index is 3490. The second-order valence-electron chi connectivity index (χ2n) is 22.5. The van der Waals surface area contributed by atoms with Gasteiger partial charge in [0, 0.05) is 59.0 Å². The minimum absolute atomic E-state index is 0.00438. The molecule has 0 saturated carbocycles. The third-order valence-corrected chi connectivity index (χ3v) is 14.6. The van der Waals surface area contributed by atoms with Crippen LogP contribution in [0.25, 0.3) is 31.3 Å². The molecule has 39 heteroatoms. The maximum Gasteiger partial charge on any atom is 0.351 e. The number of azide groups is 3. The van der Waals surface area contributed by atoms with Crippen LogP contribution in [0.3, 0.4) is 0 Å². The van der Waals surface area contributed by atoms with Gasteiger partial charge in [0.1, 0.15) is 37.3 Å². The Kier molecular flexibility index (Phi) is 30.8. The number of aromatic nitrogens is 6. The quantitative estimate of drug-likeness (QED) is 0.0142. The van der Waals surface area contributed by atoms with Gasteiger partial charge in [-0.15, -0.1) is 0 Å². The first-order chi connectivity index (χ1) is 45.6. The lowest BCUT2D eigenvalue weighted by Gasteiger charge is -2.29. The minimum atomic E-state index is -2.24. The number of unbranched alkanes of at least 4 members (excludes halogenated alkanes) is 8.